The quantitative estimate of drug-likeness (QED) is 0.694. The minimum absolute atomic E-state index is 0.209. The van der Waals surface area contributed by atoms with Gasteiger partial charge in [-0.25, -0.2) is 4.98 Å². The van der Waals surface area contributed by atoms with E-state index in [4.69, 9.17) is 5.73 Å². The molecule has 0 fully saturated rings. The fourth-order valence-corrected chi connectivity index (χ4v) is 3.29. The minimum atomic E-state index is 0.209. The van der Waals surface area contributed by atoms with Crippen LogP contribution in [0.5, 0.6) is 0 Å². The summed E-state index contributed by atoms with van der Waals surface area (Å²) >= 11 is 3.17. The molecule has 2 heterocycles. The number of nitrogen functional groups attached to an aromatic ring is 1. The van der Waals surface area contributed by atoms with Crippen LogP contribution >= 0.6 is 23.1 Å². The van der Waals surface area contributed by atoms with Gasteiger partial charge in [0.05, 0.1) is 5.75 Å². The standard InChI is InChI=1S/C14H14N6S2/c1-9-4-2-3-5-10(9)17-13-19-11(18-12(15)20-13)8-22-14-16-6-7-21-14/h2-7H,8H2,1H3,(H3,15,17,18,19,20). The van der Waals surface area contributed by atoms with Gasteiger partial charge in [0.1, 0.15) is 10.2 Å². The van der Waals surface area contributed by atoms with Crippen LogP contribution in [-0.4, -0.2) is 19.9 Å². The summed E-state index contributed by atoms with van der Waals surface area (Å²) in [4.78, 5) is 16.9. The number of thioether (sulfide) groups is 1. The molecule has 0 spiro atoms. The Bertz CT molecular complexity index is 760. The predicted octanol–water partition coefficient (Wildman–Crippen LogP) is 3.25. The second-order valence-corrected chi connectivity index (χ2v) is 6.58. The average Bonchev–Trinajstić information content (AvgIpc) is 3.00. The third-order valence-corrected chi connectivity index (χ3v) is 4.79. The van der Waals surface area contributed by atoms with E-state index in [0.717, 1.165) is 15.6 Å². The van der Waals surface area contributed by atoms with Crippen LogP contribution in [0.4, 0.5) is 17.6 Å². The zero-order valence-corrected chi connectivity index (χ0v) is 13.5. The molecule has 0 aliphatic rings. The van der Waals surface area contributed by atoms with Crippen LogP contribution in [0.2, 0.25) is 0 Å². The van der Waals surface area contributed by atoms with E-state index < -0.39 is 0 Å². The molecular formula is C14H14N6S2. The van der Waals surface area contributed by atoms with Crippen molar-refractivity contribution in [3.05, 3.63) is 47.2 Å². The maximum Gasteiger partial charge on any atom is 0.232 e. The van der Waals surface area contributed by atoms with Crippen molar-refractivity contribution < 1.29 is 0 Å². The molecule has 3 rings (SSSR count). The monoisotopic (exact) mass is 330 g/mol. The Labute approximate surface area is 136 Å². The summed E-state index contributed by atoms with van der Waals surface area (Å²) in [6, 6.07) is 7.93. The molecule has 8 heteroatoms. The lowest BCUT2D eigenvalue weighted by Gasteiger charge is -2.09. The average molecular weight is 330 g/mol. The summed E-state index contributed by atoms with van der Waals surface area (Å²) in [5.74, 6) is 1.89. The van der Waals surface area contributed by atoms with Crippen molar-refractivity contribution in [1.29, 1.82) is 0 Å². The number of hydrogen-bond acceptors (Lipinski definition) is 8. The van der Waals surface area contributed by atoms with Gasteiger partial charge in [-0.1, -0.05) is 30.0 Å². The molecule has 0 saturated heterocycles. The number of nitrogens with zero attached hydrogens (tertiary/aromatic N) is 4. The summed E-state index contributed by atoms with van der Waals surface area (Å²) < 4.78 is 0.979. The molecule has 0 radical (unpaired) electrons. The van der Waals surface area contributed by atoms with Gasteiger partial charge in [-0.2, -0.15) is 15.0 Å². The molecule has 1 aromatic carbocycles. The number of aryl methyl sites for hydroxylation is 1. The SMILES string of the molecule is Cc1ccccc1Nc1nc(N)nc(CSc2nccs2)n1. The molecule has 0 aliphatic heterocycles. The summed E-state index contributed by atoms with van der Waals surface area (Å²) in [5, 5.41) is 5.12. The number of aromatic nitrogens is 4. The van der Waals surface area contributed by atoms with Gasteiger partial charge in [-0.05, 0) is 18.6 Å². The Morgan fingerprint density at radius 2 is 2.09 bits per heavy atom. The zero-order chi connectivity index (χ0) is 15.4. The van der Waals surface area contributed by atoms with E-state index in [1.165, 1.54) is 0 Å². The summed E-state index contributed by atoms with van der Waals surface area (Å²) in [6.45, 7) is 2.02. The molecule has 2 aromatic heterocycles. The van der Waals surface area contributed by atoms with Gasteiger partial charge >= 0.3 is 0 Å². The van der Waals surface area contributed by atoms with Gasteiger partial charge < -0.3 is 11.1 Å². The van der Waals surface area contributed by atoms with Gasteiger partial charge in [0.2, 0.25) is 11.9 Å². The van der Waals surface area contributed by atoms with E-state index in [2.05, 4.69) is 25.3 Å². The molecule has 0 unspecified atom stereocenters. The number of nitrogens with two attached hydrogens (primary N) is 1. The largest absolute Gasteiger partial charge is 0.368 e. The van der Waals surface area contributed by atoms with Crippen LogP contribution in [0.3, 0.4) is 0 Å². The maximum absolute atomic E-state index is 5.78. The number of rotatable bonds is 5. The lowest BCUT2D eigenvalue weighted by Crippen LogP contribution is -2.07. The number of anilines is 3. The van der Waals surface area contributed by atoms with Crippen molar-refractivity contribution in [3.8, 4) is 0 Å². The molecule has 3 aromatic rings. The molecule has 0 bridgehead atoms. The number of para-hydroxylation sites is 1. The van der Waals surface area contributed by atoms with E-state index >= 15 is 0 Å². The Balaban J connectivity index is 1.76. The Hall–Kier alpha value is -2.19. The van der Waals surface area contributed by atoms with Crippen LogP contribution in [0.15, 0.2) is 40.2 Å². The third-order valence-electron chi connectivity index (χ3n) is 2.82. The first-order valence-corrected chi connectivity index (χ1v) is 8.42. The molecule has 0 saturated carbocycles. The molecule has 0 atom stereocenters. The van der Waals surface area contributed by atoms with Crippen molar-refractivity contribution in [3.63, 3.8) is 0 Å². The van der Waals surface area contributed by atoms with Crippen molar-refractivity contribution in [2.45, 2.75) is 17.0 Å². The van der Waals surface area contributed by atoms with Crippen LogP contribution in [0, 0.1) is 6.92 Å². The third kappa shape index (κ3) is 3.71. The number of hydrogen-bond donors (Lipinski definition) is 2. The highest BCUT2D eigenvalue weighted by Crippen LogP contribution is 2.24. The lowest BCUT2D eigenvalue weighted by molar-refractivity contribution is 0.981. The maximum atomic E-state index is 5.78. The van der Waals surface area contributed by atoms with Gasteiger partial charge in [0.15, 0.2) is 0 Å². The molecule has 112 valence electrons. The Morgan fingerprint density at radius 3 is 2.86 bits per heavy atom. The summed E-state index contributed by atoms with van der Waals surface area (Å²) in [7, 11) is 0. The van der Waals surface area contributed by atoms with Gasteiger partial charge in [-0.3, -0.25) is 0 Å². The van der Waals surface area contributed by atoms with Crippen molar-refractivity contribution in [2.75, 3.05) is 11.1 Å². The van der Waals surface area contributed by atoms with E-state index in [1.54, 1.807) is 29.3 Å². The highest BCUT2D eigenvalue weighted by molar-refractivity contribution is 8.00. The van der Waals surface area contributed by atoms with E-state index in [1.807, 2.05) is 36.6 Å². The lowest BCUT2D eigenvalue weighted by atomic mass is 10.2. The van der Waals surface area contributed by atoms with E-state index in [9.17, 15) is 0 Å². The first-order valence-electron chi connectivity index (χ1n) is 6.56. The topological polar surface area (TPSA) is 89.6 Å². The van der Waals surface area contributed by atoms with Gasteiger partial charge in [-0.15, -0.1) is 11.3 Å². The van der Waals surface area contributed by atoms with Crippen molar-refractivity contribution >= 4 is 40.7 Å². The minimum Gasteiger partial charge on any atom is -0.368 e. The zero-order valence-electron chi connectivity index (χ0n) is 11.9. The Kier molecular flexibility index (Phi) is 4.50. The van der Waals surface area contributed by atoms with Crippen LogP contribution < -0.4 is 11.1 Å². The second-order valence-electron chi connectivity index (χ2n) is 4.46. The van der Waals surface area contributed by atoms with Crippen molar-refractivity contribution in [2.24, 2.45) is 0 Å². The fraction of sp³-hybridized carbons (Fsp3) is 0.143. The fourth-order valence-electron chi connectivity index (χ4n) is 1.80. The normalized spacial score (nSPS) is 10.6. The molecular weight excluding hydrogens is 316 g/mol. The van der Waals surface area contributed by atoms with Gasteiger partial charge in [0.25, 0.3) is 0 Å². The number of benzene rings is 1. The van der Waals surface area contributed by atoms with E-state index in [-0.39, 0.29) is 5.95 Å². The highest BCUT2D eigenvalue weighted by Gasteiger charge is 2.07. The first-order chi connectivity index (χ1) is 10.7. The molecule has 0 amide bonds. The smallest absolute Gasteiger partial charge is 0.232 e. The van der Waals surface area contributed by atoms with Crippen molar-refractivity contribution in [1.82, 2.24) is 19.9 Å². The van der Waals surface area contributed by atoms with Crippen LogP contribution in [0.25, 0.3) is 0 Å². The number of thiazole rings is 1. The molecule has 3 N–H and O–H groups in total. The van der Waals surface area contributed by atoms with E-state index in [0.29, 0.717) is 17.5 Å². The Morgan fingerprint density at radius 1 is 1.23 bits per heavy atom. The first kappa shape index (κ1) is 14.7. The number of nitrogens with one attached hydrogen (secondary N) is 1. The second kappa shape index (κ2) is 6.71. The molecule has 0 aliphatic carbocycles. The highest BCUT2D eigenvalue weighted by atomic mass is 32.2. The van der Waals surface area contributed by atoms with Gasteiger partial charge in [0, 0.05) is 17.3 Å². The molecule has 22 heavy (non-hydrogen) atoms. The summed E-state index contributed by atoms with van der Waals surface area (Å²) in [6.07, 6.45) is 1.78. The molecule has 6 nitrogen and oxygen atoms in total. The van der Waals surface area contributed by atoms with Crippen LogP contribution in [0.1, 0.15) is 11.4 Å². The summed E-state index contributed by atoms with van der Waals surface area (Å²) in [5.41, 5.74) is 7.84. The predicted molar refractivity (Wildman–Crippen MR) is 90.4 cm³/mol. The van der Waals surface area contributed by atoms with Crippen LogP contribution in [-0.2, 0) is 5.75 Å².